The van der Waals surface area contributed by atoms with E-state index in [4.69, 9.17) is 9.47 Å². The van der Waals surface area contributed by atoms with Crippen molar-refractivity contribution in [3.63, 3.8) is 0 Å². The number of esters is 1. The van der Waals surface area contributed by atoms with Gasteiger partial charge in [0.05, 0.1) is 17.6 Å². The van der Waals surface area contributed by atoms with Crippen molar-refractivity contribution in [3.8, 4) is 0 Å². The minimum absolute atomic E-state index is 0.00773. The molecule has 0 aromatic heterocycles. The van der Waals surface area contributed by atoms with Crippen LogP contribution in [0.2, 0.25) is 0 Å². The van der Waals surface area contributed by atoms with E-state index in [1.807, 2.05) is 0 Å². The van der Waals surface area contributed by atoms with Crippen molar-refractivity contribution < 1.29 is 29.1 Å². The van der Waals surface area contributed by atoms with Gasteiger partial charge in [0.1, 0.15) is 18.2 Å². The Bertz CT molecular complexity index is 681. The summed E-state index contributed by atoms with van der Waals surface area (Å²) < 4.78 is 10.5. The molecule has 1 heterocycles. The van der Waals surface area contributed by atoms with Crippen molar-refractivity contribution in [1.29, 1.82) is 0 Å². The number of aliphatic hydroxyl groups is 1. The van der Waals surface area contributed by atoms with Crippen LogP contribution in [0.25, 0.3) is 0 Å². The largest absolute Gasteiger partial charge is 0.459 e. The van der Waals surface area contributed by atoms with Crippen LogP contribution >= 0.6 is 0 Å². The number of rotatable bonds is 4. The molecule has 0 unspecified atom stereocenters. The summed E-state index contributed by atoms with van der Waals surface area (Å²) in [5.74, 6) is -0.661. The maximum Gasteiger partial charge on any atom is 0.411 e. The van der Waals surface area contributed by atoms with Gasteiger partial charge in [-0.2, -0.15) is 0 Å². The number of hydrogen-bond donors (Lipinski definition) is 1. The zero-order chi connectivity index (χ0) is 19.5. The summed E-state index contributed by atoms with van der Waals surface area (Å²) in [6, 6.07) is 4.67. The summed E-state index contributed by atoms with van der Waals surface area (Å²) >= 11 is 0. The fourth-order valence-corrected chi connectivity index (χ4v) is 2.52. The summed E-state index contributed by atoms with van der Waals surface area (Å²) in [5.41, 5.74) is -0.209. The molecule has 0 aliphatic carbocycles. The highest BCUT2D eigenvalue weighted by molar-refractivity contribution is 5.82. The first-order chi connectivity index (χ1) is 12.1. The van der Waals surface area contributed by atoms with Crippen LogP contribution in [0.1, 0.15) is 32.8 Å². The number of carbonyl (C=O) groups excluding carboxylic acids is 2. The van der Waals surface area contributed by atoms with Crippen LogP contribution in [0.4, 0.5) is 10.5 Å². The Morgan fingerprint density at radius 3 is 2.46 bits per heavy atom. The van der Waals surface area contributed by atoms with E-state index < -0.39 is 34.7 Å². The molecule has 1 amide bonds. The van der Waals surface area contributed by atoms with Crippen LogP contribution in [-0.2, 0) is 20.9 Å². The third-order valence-corrected chi connectivity index (χ3v) is 3.71. The van der Waals surface area contributed by atoms with Gasteiger partial charge in [0.15, 0.2) is 0 Å². The highest BCUT2D eigenvalue weighted by Gasteiger charge is 2.41. The number of non-ortho nitro benzene ring substituents is 1. The van der Waals surface area contributed by atoms with E-state index in [0.717, 1.165) is 4.90 Å². The molecule has 9 nitrogen and oxygen atoms in total. The van der Waals surface area contributed by atoms with Gasteiger partial charge in [-0.1, -0.05) is 0 Å². The van der Waals surface area contributed by atoms with Gasteiger partial charge in [0.25, 0.3) is 5.69 Å². The first kappa shape index (κ1) is 19.6. The normalized spacial score (nSPS) is 19.9. The summed E-state index contributed by atoms with van der Waals surface area (Å²) in [6.45, 7) is 5.02. The van der Waals surface area contributed by atoms with Crippen molar-refractivity contribution in [1.82, 2.24) is 4.90 Å². The molecule has 1 saturated heterocycles. The predicted octanol–water partition coefficient (Wildman–Crippen LogP) is 2.01. The van der Waals surface area contributed by atoms with Crippen LogP contribution in [0.15, 0.2) is 24.3 Å². The Hall–Kier alpha value is -2.68. The van der Waals surface area contributed by atoms with E-state index in [9.17, 15) is 24.8 Å². The number of nitrogens with zero attached hydrogens (tertiary/aromatic N) is 2. The summed E-state index contributed by atoms with van der Waals surface area (Å²) in [7, 11) is 0. The first-order valence-electron chi connectivity index (χ1n) is 8.14. The lowest BCUT2D eigenvalue weighted by atomic mass is 10.2. The van der Waals surface area contributed by atoms with Gasteiger partial charge < -0.3 is 14.6 Å². The lowest BCUT2D eigenvalue weighted by molar-refractivity contribution is -0.384. The molecule has 2 rings (SSSR count). The van der Waals surface area contributed by atoms with Crippen LogP contribution in [0.3, 0.4) is 0 Å². The molecule has 142 valence electrons. The van der Waals surface area contributed by atoms with E-state index >= 15 is 0 Å². The van der Waals surface area contributed by atoms with Crippen molar-refractivity contribution in [2.45, 2.75) is 51.5 Å². The number of β-amino-alcohol motifs (C(OH)–C–C–N with tert-alkyl or cyclic N) is 1. The number of carbonyl (C=O) groups is 2. The number of benzene rings is 1. The molecule has 0 spiro atoms. The lowest BCUT2D eigenvalue weighted by Gasteiger charge is -2.27. The first-order valence-corrected chi connectivity index (χ1v) is 8.14. The molecule has 1 aromatic rings. The smallest absolute Gasteiger partial charge is 0.411 e. The number of amides is 1. The van der Waals surface area contributed by atoms with Gasteiger partial charge in [-0.15, -0.1) is 0 Å². The molecule has 0 radical (unpaired) electrons. The second-order valence-electron chi connectivity index (χ2n) is 7.07. The Morgan fingerprint density at radius 2 is 1.92 bits per heavy atom. The second-order valence-corrected chi connectivity index (χ2v) is 7.07. The topological polar surface area (TPSA) is 119 Å². The van der Waals surface area contributed by atoms with E-state index in [-0.39, 0.29) is 25.3 Å². The highest BCUT2D eigenvalue weighted by atomic mass is 16.6. The average Bonchev–Trinajstić information content (AvgIpc) is 2.93. The molecule has 1 aliphatic rings. The van der Waals surface area contributed by atoms with Gasteiger partial charge in [-0.3, -0.25) is 15.0 Å². The summed E-state index contributed by atoms with van der Waals surface area (Å²) in [6.07, 6.45) is -1.45. The molecule has 26 heavy (non-hydrogen) atoms. The fraction of sp³-hybridized carbons (Fsp3) is 0.529. The Balaban J connectivity index is 1.98. The highest BCUT2D eigenvalue weighted by Crippen LogP contribution is 2.23. The van der Waals surface area contributed by atoms with E-state index in [1.165, 1.54) is 24.3 Å². The molecular weight excluding hydrogens is 344 g/mol. The van der Waals surface area contributed by atoms with E-state index in [1.54, 1.807) is 20.8 Å². The van der Waals surface area contributed by atoms with Crippen molar-refractivity contribution >= 4 is 17.7 Å². The van der Waals surface area contributed by atoms with Crippen LogP contribution in [0, 0.1) is 10.1 Å². The molecule has 0 bridgehead atoms. The number of nitro benzene ring substituents is 1. The molecular formula is C17H22N2O7. The third-order valence-electron chi connectivity index (χ3n) is 3.71. The van der Waals surface area contributed by atoms with Crippen molar-refractivity contribution in [3.05, 3.63) is 39.9 Å². The number of likely N-dealkylation sites (tertiary alicyclic amines) is 1. The molecule has 1 aliphatic heterocycles. The zero-order valence-electron chi connectivity index (χ0n) is 14.9. The van der Waals surface area contributed by atoms with Crippen LogP contribution in [0.5, 0.6) is 0 Å². The second kappa shape index (κ2) is 7.69. The maximum atomic E-state index is 12.3. The summed E-state index contributed by atoms with van der Waals surface area (Å²) in [4.78, 5) is 35.8. The van der Waals surface area contributed by atoms with Gasteiger partial charge in [-0.05, 0) is 38.5 Å². The molecule has 1 N–H and O–H groups in total. The van der Waals surface area contributed by atoms with Gasteiger partial charge in [0.2, 0.25) is 0 Å². The minimum atomic E-state index is -0.933. The van der Waals surface area contributed by atoms with Crippen LogP contribution in [-0.4, -0.2) is 51.3 Å². The summed E-state index contributed by atoms with van der Waals surface area (Å²) in [5, 5.41) is 20.4. The number of nitro groups is 1. The molecule has 9 heteroatoms. The fourth-order valence-electron chi connectivity index (χ4n) is 2.52. The number of aliphatic hydroxyl groups excluding tert-OH is 1. The van der Waals surface area contributed by atoms with Crippen molar-refractivity contribution in [2.24, 2.45) is 0 Å². The lowest BCUT2D eigenvalue weighted by Crippen LogP contribution is -2.44. The quantitative estimate of drug-likeness (QED) is 0.492. The number of hydrogen-bond acceptors (Lipinski definition) is 7. The Morgan fingerprint density at radius 1 is 1.31 bits per heavy atom. The van der Waals surface area contributed by atoms with E-state index in [2.05, 4.69) is 0 Å². The zero-order valence-corrected chi connectivity index (χ0v) is 14.9. The molecule has 2 atom stereocenters. The third kappa shape index (κ3) is 5.16. The average molecular weight is 366 g/mol. The van der Waals surface area contributed by atoms with Crippen LogP contribution < -0.4 is 0 Å². The number of ether oxygens (including phenoxy) is 2. The molecule has 0 saturated carbocycles. The monoisotopic (exact) mass is 366 g/mol. The van der Waals surface area contributed by atoms with Crippen molar-refractivity contribution in [2.75, 3.05) is 6.54 Å². The van der Waals surface area contributed by atoms with Gasteiger partial charge >= 0.3 is 12.1 Å². The van der Waals surface area contributed by atoms with Gasteiger partial charge in [0, 0.05) is 18.6 Å². The Labute approximate surface area is 150 Å². The Kier molecular flexibility index (Phi) is 5.81. The SMILES string of the molecule is CC(C)(C)OC(=O)N1C[C@H](O)C[C@H]1C(=O)OCc1ccc([N+](=O)[O-])cc1. The maximum absolute atomic E-state index is 12.3. The van der Waals surface area contributed by atoms with E-state index in [0.29, 0.717) is 5.56 Å². The predicted molar refractivity (Wildman–Crippen MR) is 90.2 cm³/mol. The van der Waals surface area contributed by atoms with Gasteiger partial charge in [-0.25, -0.2) is 9.59 Å². The minimum Gasteiger partial charge on any atom is -0.459 e. The molecule has 1 aromatic carbocycles. The standard InChI is InChI=1S/C17H22N2O7/c1-17(2,3)26-16(22)18-9-13(20)8-14(18)15(21)25-10-11-4-6-12(7-5-11)19(23)24/h4-7,13-14,20H,8-10H2,1-3H3/t13-,14+/m1/s1. The molecule has 1 fully saturated rings.